The molecule has 8 nitrogen and oxygen atoms in total. The van der Waals surface area contributed by atoms with E-state index in [0.717, 1.165) is 11.1 Å². The fourth-order valence-electron chi connectivity index (χ4n) is 6.97. The first-order chi connectivity index (χ1) is 17.5. The standard InChI is InChI=1S/C31H52N4O4/c1-26(2)17-23(18-27(3,4)34(26)37)32-25(36)33-30(9,10)21-13-15-22(16-14-21)31(11,12)39-24-19-28(5,6)35(38)29(7,8)20-24/h13-16,23-24H,17-20H2,1-12H3,(H2,32,33,36). The van der Waals surface area contributed by atoms with Crippen LogP contribution in [-0.2, 0) is 26.3 Å². The summed E-state index contributed by atoms with van der Waals surface area (Å²) in [6, 6.07) is 7.88. The molecular weight excluding hydrogens is 492 g/mol. The SMILES string of the molecule is CC(C)(NC(=O)NC1CC(C)(C)N([O])C(C)(C)C1)c1ccc(C(C)(C)OC2CC(C)(C)N([O])C(C)(C)C2)cc1. The van der Waals surface area contributed by atoms with Gasteiger partial charge in [0, 0.05) is 28.2 Å². The molecule has 2 fully saturated rings. The number of hydrogen-bond acceptors (Lipinski definition) is 4. The number of rotatable bonds is 6. The molecule has 0 bridgehead atoms. The summed E-state index contributed by atoms with van der Waals surface area (Å²) in [6.07, 6.45) is 2.52. The largest absolute Gasteiger partial charge is 0.368 e. The Morgan fingerprint density at radius 3 is 1.56 bits per heavy atom. The molecule has 2 aliphatic heterocycles. The summed E-state index contributed by atoms with van der Waals surface area (Å²) in [4.78, 5) is 13.0. The Hall–Kier alpha value is -1.71. The van der Waals surface area contributed by atoms with Crippen molar-refractivity contribution in [2.24, 2.45) is 0 Å². The highest BCUT2D eigenvalue weighted by atomic mass is 16.5. The number of benzene rings is 1. The summed E-state index contributed by atoms with van der Waals surface area (Å²) >= 11 is 0. The summed E-state index contributed by atoms with van der Waals surface area (Å²) < 4.78 is 6.63. The van der Waals surface area contributed by atoms with Crippen LogP contribution in [0.2, 0.25) is 0 Å². The average Bonchev–Trinajstić information content (AvgIpc) is 2.74. The maximum absolute atomic E-state index is 13.0. The van der Waals surface area contributed by atoms with Gasteiger partial charge in [-0.05, 0) is 120 Å². The van der Waals surface area contributed by atoms with Gasteiger partial charge in [0.2, 0.25) is 0 Å². The van der Waals surface area contributed by atoms with Crippen LogP contribution in [0.4, 0.5) is 4.79 Å². The highest BCUT2D eigenvalue weighted by molar-refractivity contribution is 5.75. The molecule has 2 saturated heterocycles. The Morgan fingerprint density at radius 2 is 1.13 bits per heavy atom. The van der Waals surface area contributed by atoms with E-state index < -0.39 is 33.3 Å². The first kappa shape index (κ1) is 31.8. The third-order valence-electron chi connectivity index (χ3n) is 8.67. The molecule has 2 N–H and O–H groups in total. The second-order valence-electron chi connectivity index (χ2n) is 15.4. The van der Waals surface area contributed by atoms with E-state index in [4.69, 9.17) is 4.74 Å². The number of ether oxygens (including phenoxy) is 1. The molecule has 3 rings (SSSR count). The zero-order valence-electron chi connectivity index (χ0n) is 26.3. The van der Waals surface area contributed by atoms with Crippen molar-refractivity contribution in [3.63, 3.8) is 0 Å². The lowest BCUT2D eigenvalue weighted by atomic mass is 9.79. The van der Waals surface area contributed by atoms with E-state index in [9.17, 15) is 15.2 Å². The molecule has 0 aromatic heterocycles. The van der Waals surface area contributed by atoms with Gasteiger partial charge < -0.3 is 15.4 Å². The van der Waals surface area contributed by atoms with Gasteiger partial charge in [-0.15, -0.1) is 20.5 Å². The van der Waals surface area contributed by atoms with Crippen molar-refractivity contribution in [3.05, 3.63) is 35.4 Å². The molecule has 0 aliphatic carbocycles. The lowest BCUT2D eigenvalue weighted by Crippen LogP contribution is -2.63. The zero-order valence-corrected chi connectivity index (χ0v) is 26.3. The smallest absolute Gasteiger partial charge is 0.315 e. The lowest BCUT2D eigenvalue weighted by molar-refractivity contribution is -0.306. The zero-order chi connectivity index (χ0) is 29.8. The number of urea groups is 1. The van der Waals surface area contributed by atoms with Crippen LogP contribution in [-0.4, -0.2) is 50.5 Å². The highest BCUT2D eigenvalue weighted by Gasteiger charge is 2.48. The molecule has 0 saturated carbocycles. The van der Waals surface area contributed by atoms with E-state index in [0.29, 0.717) is 25.7 Å². The Morgan fingerprint density at radius 1 is 0.744 bits per heavy atom. The van der Waals surface area contributed by atoms with Gasteiger partial charge in [-0.25, -0.2) is 4.79 Å². The Bertz CT molecular complexity index is 994. The molecule has 1 aromatic carbocycles. The van der Waals surface area contributed by atoms with E-state index >= 15 is 0 Å². The highest BCUT2D eigenvalue weighted by Crippen LogP contribution is 2.41. The van der Waals surface area contributed by atoms with Crippen molar-refractivity contribution in [1.82, 2.24) is 20.8 Å². The van der Waals surface area contributed by atoms with Crippen molar-refractivity contribution < 1.29 is 19.9 Å². The van der Waals surface area contributed by atoms with Crippen molar-refractivity contribution in [2.75, 3.05) is 0 Å². The molecule has 2 radical (unpaired) electrons. The van der Waals surface area contributed by atoms with Crippen LogP contribution in [0.1, 0.15) is 120 Å². The van der Waals surface area contributed by atoms with Crippen LogP contribution in [0.25, 0.3) is 0 Å². The van der Waals surface area contributed by atoms with E-state index in [1.807, 2.05) is 81.4 Å². The first-order valence-electron chi connectivity index (χ1n) is 14.3. The van der Waals surface area contributed by atoms with Crippen LogP contribution in [0.3, 0.4) is 0 Å². The molecule has 39 heavy (non-hydrogen) atoms. The average molecular weight is 545 g/mol. The Labute approximate surface area is 236 Å². The van der Waals surface area contributed by atoms with E-state index in [1.165, 1.54) is 10.1 Å². The van der Waals surface area contributed by atoms with Gasteiger partial charge in [0.1, 0.15) is 0 Å². The van der Waals surface area contributed by atoms with E-state index in [-0.39, 0.29) is 18.2 Å². The van der Waals surface area contributed by atoms with Gasteiger partial charge in [0.05, 0.1) is 17.2 Å². The Balaban J connectivity index is 1.65. The minimum absolute atomic E-state index is 0.0277. The normalized spacial score (nSPS) is 24.4. The first-order valence-corrected chi connectivity index (χ1v) is 14.3. The second-order valence-corrected chi connectivity index (χ2v) is 15.4. The van der Waals surface area contributed by atoms with Crippen LogP contribution in [0.5, 0.6) is 0 Å². The minimum atomic E-state index is -0.604. The number of carbonyl (C=O) groups excluding carboxylic acids is 1. The number of nitrogens with zero attached hydrogens (tertiary/aromatic N) is 2. The van der Waals surface area contributed by atoms with Gasteiger partial charge in [-0.1, -0.05) is 24.3 Å². The number of piperidine rings is 2. The van der Waals surface area contributed by atoms with Gasteiger partial charge in [0.15, 0.2) is 0 Å². The summed E-state index contributed by atoms with van der Waals surface area (Å²) in [7, 11) is 0. The topological polar surface area (TPSA) is 96.6 Å². The summed E-state index contributed by atoms with van der Waals surface area (Å²) in [5.41, 5.74) is -1.18. The van der Waals surface area contributed by atoms with Crippen LogP contribution < -0.4 is 10.6 Å². The van der Waals surface area contributed by atoms with Crippen molar-refractivity contribution in [3.8, 4) is 0 Å². The number of hydroxylamine groups is 4. The lowest BCUT2D eigenvalue weighted by Gasteiger charge is -2.51. The fourth-order valence-corrected chi connectivity index (χ4v) is 6.97. The van der Waals surface area contributed by atoms with Crippen molar-refractivity contribution in [2.45, 2.75) is 154 Å². The molecule has 2 amide bonds. The van der Waals surface area contributed by atoms with E-state index in [2.05, 4.69) is 36.6 Å². The maximum Gasteiger partial charge on any atom is 0.315 e. The molecule has 220 valence electrons. The fraction of sp³-hybridized carbons (Fsp3) is 0.774. The van der Waals surface area contributed by atoms with Crippen molar-refractivity contribution in [1.29, 1.82) is 0 Å². The van der Waals surface area contributed by atoms with Crippen LogP contribution >= 0.6 is 0 Å². The molecule has 8 heteroatoms. The number of nitrogens with one attached hydrogen (secondary N) is 2. The number of carbonyl (C=O) groups is 1. The number of amides is 2. The molecule has 2 aliphatic rings. The minimum Gasteiger partial charge on any atom is -0.368 e. The van der Waals surface area contributed by atoms with Crippen LogP contribution in [0.15, 0.2) is 24.3 Å². The molecule has 1 aromatic rings. The van der Waals surface area contributed by atoms with Crippen molar-refractivity contribution >= 4 is 6.03 Å². The molecule has 2 heterocycles. The van der Waals surface area contributed by atoms with E-state index in [1.54, 1.807) is 0 Å². The predicted octanol–water partition coefficient (Wildman–Crippen LogP) is 6.21. The van der Waals surface area contributed by atoms with Gasteiger partial charge in [-0.3, -0.25) is 0 Å². The number of hydrogen-bond donors (Lipinski definition) is 2. The predicted molar refractivity (Wildman–Crippen MR) is 153 cm³/mol. The summed E-state index contributed by atoms with van der Waals surface area (Å²) in [5.74, 6) is 0. The van der Waals surface area contributed by atoms with Crippen LogP contribution in [0, 0.1) is 0 Å². The monoisotopic (exact) mass is 544 g/mol. The van der Waals surface area contributed by atoms with Gasteiger partial charge >= 0.3 is 6.03 Å². The molecular formula is C31H52N4O4. The summed E-state index contributed by atoms with van der Waals surface area (Å²) in [5, 5.41) is 34.0. The summed E-state index contributed by atoms with van der Waals surface area (Å²) in [6.45, 7) is 23.8. The maximum atomic E-state index is 13.0. The molecule has 0 atom stereocenters. The Kier molecular flexibility index (Phi) is 8.39. The third kappa shape index (κ3) is 6.96. The molecule has 0 spiro atoms. The van der Waals surface area contributed by atoms with Gasteiger partial charge in [-0.2, -0.15) is 0 Å². The van der Waals surface area contributed by atoms with Gasteiger partial charge in [0.25, 0.3) is 0 Å². The molecule has 0 unspecified atom stereocenters. The quantitative estimate of drug-likeness (QED) is 0.445. The third-order valence-corrected chi connectivity index (χ3v) is 8.67. The second kappa shape index (κ2) is 10.3.